The van der Waals surface area contributed by atoms with E-state index in [0.717, 1.165) is 0 Å². The summed E-state index contributed by atoms with van der Waals surface area (Å²) in [7, 11) is 0. The van der Waals surface area contributed by atoms with Gasteiger partial charge in [-0.05, 0) is 31.1 Å². The number of hydrogen-bond acceptors (Lipinski definition) is 0. The molecule has 1 spiro atoms. The van der Waals surface area contributed by atoms with E-state index < -0.39 is 0 Å². The fourth-order valence-corrected chi connectivity index (χ4v) is 2.27. The Hall–Kier alpha value is -0.260. The summed E-state index contributed by atoms with van der Waals surface area (Å²) in [4.78, 5) is 0. The molecule has 55 valence electrons. The lowest BCUT2D eigenvalue weighted by atomic mass is 9.72. The first-order valence-corrected chi connectivity index (χ1v) is 4.42. The van der Waals surface area contributed by atoms with Crippen molar-refractivity contribution in [3.8, 4) is 0 Å². The molecule has 0 saturated heterocycles. The van der Waals surface area contributed by atoms with E-state index in [4.69, 9.17) is 0 Å². The van der Waals surface area contributed by atoms with Crippen LogP contribution in [0.1, 0.15) is 38.5 Å². The largest absolute Gasteiger partial charge is 0.0876 e. The van der Waals surface area contributed by atoms with Gasteiger partial charge in [-0.25, -0.2) is 0 Å². The normalized spacial score (nSPS) is 29.6. The third-order valence-corrected chi connectivity index (χ3v) is 2.96. The lowest BCUT2D eigenvalue weighted by Crippen LogP contribution is -2.20. The Balaban J connectivity index is 2.00. The van der Waals surface area contributed by atoms with Gasteiger partial charge in [0.1, 0.15) is 0 Å². The Morgan fingerprint density at radius 1 is 1.00 bits per heavy atom. The highest BCUT2D eigenvalue weighted by atomic mass is 14.4. The summed E-state index contributed by atoms with van der Waals surface area (Å²) >= 11 is 0. The number of rotatable bonds is 0. The average molecular weight is 135 g/mol. The predicted molar refractivity (Wildman–Crippen MR) is 43.6 cm³/mol. The molecule has 2 aliphatic rings. The molecular weight excluding hydrogens is 120 g/mol. The van der Waals surface area contributed by atoms with E-state index >= 15 is 0 Å². The summed E-state index contributed by atoms with van der Waals surface area (Å²) < 4.78 is 0. The van der Waals surface area contributed by atoms with Crippen molar-refractivity contribution in [3.63, 3.8) is 0 Å². The van der Waals surface area contributed by atoms with Gasteiger partial charge in [0.25, 0.3) is 0 Å². The van der Waals surface area contributed by atoms with Crippen LogP contribution < -0.4 is 0 Å². The van der Waals surface area contributed by atoms with Crippen LogP contribution in [0.5, 0.6) is 0 Å². The van der Waals surface area contributed by atoms with Crippen molar-refractivity contribution in [1.82, 2.24) is 0 Å². The molecule has 0 unspecified atom stereocenters. The van der Waals surface area contributed by atoms with Crippen molar-refractivity contribution in [2.75, 3.05) is 0 Å². The van der Waals surface area contributed by atoms with Crippen LogP contribution in [0, 0.1) is 11.8 Å². The third kappa shape index (κ3) is 1.00. The minimum absolute atomic E-state index is 0.637. The minimum Gasteiger partial charge on any atom is -0.0876 e. The molecule has 0 heterocycles. The summed E-state index contributed by atoms with van der Waals surface area (Å²) in [6, 6.07) is 0. The van der Waals surface area contributed by atoms with E-state index in [1.807, 2.05) is 0 Å². The van der Waals surface area contributed by atoms with Crippen molar-refractivity contribution in [2.24, 2.45) is 5.41 Å². The SMILES string of the molecule is [CH]1C=CCC12CCCCC2. The van der Waals surface area contributed by atoms with Crippen molar-refractivity contribution >= 4 is 0 Å². The van der Waals surface area contributed by atoms with Crippen molar-refractivity contribution in [2.45, 2.75) is 38.5 Å². The molecule has 0 amide bonds. The van der Waals surface area contributed by atoms with E-state index in [0.29, 0.717) is 5.41 Å². The Morgan fingerprint density at radius 3 is 2.40 bits per heavy atom. The van der Waals surface area contributed by atoms with Gasteiger partial charge in [0.05, 0.1) is 0 Å². The lowest BCUT2D eigenvalue weighted by molar-refractivity contribution is 0.252. The first-order chi connectivity index (χ1) is 4.91. The summed E-state index contributed by atoms with van der Waals surface area (Å²) in [6.45, 7) is 0. The Morgan fingerprint density at radius 2 is 1.80 bits per heavy atom. The molecule has 0 heteroatoms. The average Bonchev–Trinajstić information content (AvgIpc) is 2.39. The van der Waals surface area contributed by atoms with Gasteiger partial charge in [-0.2, -0.15) is 0 Å². The second-order valence-electron chi connectivity index (χ2n) is 3.72. The summed E-state index contributed by atoms with van der Waals surface area (Å²) in [5.41, 5.74) is 0.637. The van der Waals surface area contributed by atoms with Gasteiger partial charge in [0.2, 0.25) is 0 Å². The van der Waals surface area contributed by atoms with Crippen LogP contribution in [0.4, 0.5) is 0 Å². The maximum absolute atomic E-state index is 2.44. The molecule has 0 aromatic carbocycles. The molecule has 2 aliphatic carbocycles. The Kier molecular flexibility index (Phi) is 1.55. The molecule has 0 atom stereocenters. The van der Waals surface area contributed by atoms with Crippen LogP contribution in [-0.2, 0) is 0 Å². The van der Waals surface area contributed by atoms with Crippen LogP contribution in [0.3, 0.4) is 0 Å². The molecule has 1 fully saturated rings. The second-order valence-corrected chi connectivity index (χ2v) is 3.72. The fraction of sp³-hybridized carbons (Fsp3) is 0.700. The molecule has 1 saturated carbocycles. The van der Waals surface area contributed by atoms with Gasteiger partial charge in [0, 0.05) is 0 Å². The summed E-state index contributed by atoms with van der Waals surface area (Å²) in [5, 5.41) is 0. The van der Waals surface area contributed by atoms with Crippen LogP contribution in [0.15, 0.2) is 12.2 Å². The Labute approximate surface area is 63.3 Å². The van der Waals surface area contributed by atoms with Gasteiger partial charge in [-0.3, -0.25) is 0 Å². The third-order valence-electron chi connectivity index (χ3n) is 2.96. The zero-order valence-corrected chi connectivity index (χ0v) is 6.47. The van der Waals surface area contributed by atoms with Gasteiger partial charge < -0.3 is 0 Å². The zero-order chi connectivity index (χ0) is 6.86. The summed E-state index contributed by atoms with van der Waals surface area (Å²) in [6.07, 6.45) is 15.6. The molecule has 10 heavy (non-hydrogen) atoms. The second kappa shape index (κ2) is 2.41. The highest BCUT2D eigenvalue weighted by Gasteiger charge is 2.32. The van der Waals surface area contributed by atoms with Gasteiger partial charge in [-0.1, -0.05) is 31.4 Å². The predicted octanol–water partition coefficient (Wildman–Crippen LogP) is 3.10. The summed E-state index contributed by atoms with van der Waals surface area (Å²) in [5.74, 6) is 0. The highest BCUT2D eigenvalue weighted by molar-refractivity contribution is 5.15. The molecule has 0 aromatic heterocycles. The van der Waals surface area contributed by atoms with E-state index in [1.165, 1.54) is 38.5 Å². The molecule has 1 radical (unpaired) electrons. The monoisotopic (exact) mass is 135 g/mol. The quantitative estimate of drug-likeness (QED) is 0.479. The number of hydrogen-bond donors (Lipinski definition) is 0. The topological polar surface area (TPSA) is 0 Å². The molecule has 0 bridgehead atoms. The molecule has 0 N–H and O–H groups in total. The number of allylic oxidation sites excluding steroid dienone is 2. The maximum Gasteiger partial charge on any atom is -0.0105 e. The van der Waals surface area contributed by atoms with E-state index in [-0.39, 0.29) is 0 Å². The van der Waals surface area contributed by atoms with Crippen molar-refractivity contribution in [1.29, 1.82) is 0 Å². The zero-order valence-electron chi connectivity index (χ0n) is 6.47. The van der Waals surface area contributed by atoms with E-state index in [1.54, 1.807) is 0 Å². The molecule has 0 nitrogen and oxygen atoms in total. The van der Waals surface area contributed by atoms with Crippen LogP contribution in [0.25, 0.3) is 0 Å². The Bertz CT molecular complexity index is 128. The van der Waals surface area contributed by atoms with Crippen LogP contribution in [-0.4, -0.2) is 0 Å². The first-order valence-electron chi connectivity index (χ1n) is 4.42. The molecule has 2 rings (SSSR count). The lowest BCUT2D eigenvalue weighted by Gasteiger charge is -2.32. The van der Waals surface area contributed by atoms with Crippen molar-refractivity contribution in [3.05, 3.63) is 18.6 Å². The minimum atomic E-state index is 0.637. The standard InChI is InChI=1S/C10H15/c1-2-6-10(7-3-1)8-4-5-9-10/h4-5,8H,1-3,6-7,9H2. The van der Waals surface area contributed by atoms with Crippen molar-refractivity contribution < 1.29 is 0 Å². The van der Waals surface area contributed by atoms with Crippen LogP contribution in [0.2, 0.25) is 0 Å². The van der Waals surface area contributed by atoms with Gasteiger partial charge in [0.15, 0.2) is 0 Å². The van der Waals surface area contributed by atoms with E-state index in [9.17, 15) is 0 Å². The smallest absolute Gasteiger partial charge is 0.0105 e. The first kappa shape index (κ1) is 6.45. The maximum atomic E-state index is 2.44. The van der Waals surface area contributed by atoms with Gasteiger partial charge in [-0.15, -0.1) is 0 Å². The molecule has 0 aliphatic heterocycles. The molecule has 0 aromatic rings. The van der Waals surface area contributed by atoms with E-state index in [2.05, 4.69) is 18.6 Å². The van der Waals surface area contributed by atoms with Crippen LogP contribution >= 0.6 is 0 Å². The highest BCUT2D eigenvalue weighted by Crippen LogP contribution is 2.44. The molecular formula is C10H15. The van der Waals surface area contributed by atoms with Gasteiger partial charge >= 0.3 is 0 Å². The fourth-order valence-electron chi connectivity index (χ4n) is 2.27.